The van der Waals surface area contributed by atoms with Crippen LogP contribution in [-0.2, 0) is 9.02 Å². The molecule has 0 spiro atoms. The first-order valence-electron chi connectivity index (χ1n) is 3.48. The number of aromatic nitrogens is 1. The molecular weight excluding hydrogens is 254 g/mol. The van der Waals surface area contributed by atoms with E-state index >= 15 is 0 Å². The van der Waals surface area contributed by atoms with Gasteiger partial charge in [0.25, 0.3) is 0 Å². The van der Waals surface area contributed by atoms with E-state index in [1.165, 1.54) is 0 Å². The molecule has 64 valence electrons. The van der Waals surface area contributed by atoms with Crippen LogP contribution < -0.4 is 5.32 Å². The van der Waals surface area contributed by atoms with Gasteiger partial charge in [0.1, 0.15) is 18.8 Å². The molecule has 2 rings (SSSR count). The van der Waals surface area contributed by atoms with Gasteiger partial charge in [-0.15, -0.1) is 0 Å². The second-order valence-corrected chi connectivity index (χ2v) is 4.33. The molecule has 1 unspecified atom stereocenters. The van der Waals surface area contributed by atoms with Crippen molar-refractivity contribution in [3.05, 3.63) is 22.8 Å². The van der Waals surface area contributed by atoms with Crippen LogP contribution in [0.15, 0.2) is 12.1 Å². The molecule has 13 heavy (non-hydrogen) atoms. The van der Waals surface area contributed by atoms with Crippen molar-refractivity contribution in [1.82, 2.24) is 4.98 Å². The van der Waals surface area contributed by atoms with Crippen molar-refractivity contribution >= 4 is 47.1 Å². The van der Waals surface area contributed by atoms with Crippen LogP contribution in [0.4, 0.5) is 5.82 Å². The van der Waals surface area contributed by atoms with Crippen LogP contribution in [0.2, 0.25) is 5.15 Å². The van der Waals surface area contributed by atoms with E-state index in [1.807, 2.05) is 0 Å². The second-order valence-electron chi connectivity index (χ2n) is 2.70. The van der Waals surface area contributed by atoms with Crippen molar-refractivity contribution in [3.8, 4) is 0 Å². The maximum absolute atomic E-state index is 11.3. The van der Waals surface area contributed by atoms with Crippen molar-refractivity contribution in [2.75, 3.05) is 5.32 Å². The maximum atomic E-state index is 11.3. The molecular formula is C7H3BBrClN2O. The first kappa shape index (κ1) is 9.03. The Morgan fingerprint density at radius 3 is 3.00 bits per heavy atom. The summed E-state index contributed by atoms with van der Waals surface area (Å²) < 4.78 is -1.18. The van der Waals surface area contributed by atoms with Crippen molar-refractivity contribution < 1.29 is 4.79 Å². The summed E-state index contributed by atoms with van der Waals surface area (Å²) in [5, 5.41) is 2.85. The van der Waals surface area contributed by atoms with Crippen LogP contribution in [0, 0.1) is 0 Å². The van der Waals surface area contributed by atoms with Crippen molar-refractivity contribution in [3.63, 3.8) is 0 Å². The normalized spacial score (nSPS) is 25.5. The number of hydrogen-bond donors (Lipinski definition) is 1. The highest BCUT2D eigenvalue weighted by atomic mass is 79.9. The molecule has 1 aliphatic rings. The zero-order chi connectivity index (χ0) is 9.64. The van der Waals surface area contributed by atoms with Gasteiger partial charge in [-0.2, -0.15) is 0 Å². The van der Waals surface area contributed by atoms with Crippen LogP contribution in [0.5, 0.6) is 0 Å². The van der Waals surface area contributed by atoms with E-state index in [4.69, 9.17) is 19.4 Å². The summed E-state index contributed by atoms with van der Waals surface area (Å²) in [6, 6.07) is 3.25. The molecule has 0 bridgehead atoms. The fourth-order valence-corrected chi connectivity index (χ4v) is 1.71. The highest BCUT2D eigenvalue weighted by Gasteiger charge is 2.40. The number of pyridine rings is 1. The first-order chi connectivity index (χ1) is 6.01. The molecule has 1 aromatic rings. The largest absolute Gasteiger partial charge is 0.310 e. The number of carbonyl (C=O) groups excluding carboxylic acids is 1. The summed E-state index contributed by atoms with van der Waals surface area (Å²) in [7, 11) is 5.70. The number of anilines is 1. The Morgan fingerprint density at radius 1 is 1.62 bits per heavy atom. The summed E-state index contributed by atoms with van der Waals surface area (Å²) >= 11 is 8.76. The Balaban J connectivity index is 2.62. The van der Waals surface area contributed by atoms with Crippen LogP contribution in [-0.4, -0.2) is 18.7 Å². The number of carbonyl (C=O) groups is 1. The molecule has 1 aliphatic heterocycles. The molecule has 3 nitrogen and oxygen atoms in total. The lowest BCUT2D eigenvalue weighted by Crippen LogP contribution is -2.27. The number of hydrogen-bond acceptors (Lipinski definition) is 2. The third kappa shape index (κ3) is 1.26. The number of alkyl halides is 1. The van der Waals surface area contributed by atoms with Crippen molar-refractivity contribution in [2.24, 2.45) is 0 Å². The lowest BCUT2D eigenvalue weighted by atomic mass is 9.82. The summed E-state index contributed by atoms with van der Waals surface area (Å²) in [4.78, 5) is 15.2. The van der Waals surface area contributed by atoms with Gasteiger partial charge in [0, 0.05) is 5.56 Å². The number of fused-ring (bicyclic) bond motifs is 1. The third-order valence-electron chi connectivity index (χ3n) is 1.82. The minimum atomic E-state index is -1.18. The van der Waals surface area contributed by atoms with Gasteiger partial charge >= 0.3 is 0 Å². The lowest BCUT2D eigenvalue weighted by molar-refractivity contribution is -0.116. The topological polar surface area (TPSA) is 42.0 Å². The Kier molecular flexibility index (Phi) is 1.89. The van der Waals surface area contributed by atoms with Crippen molar-refractivity contribution in [1.29, 1.82) is 0 Å². The lowest BCUT2D eigenvalue weighted by Gasteiger charge is -2.11. The zero-order valence-electron chi connectivity index (χ0n) is 6.34. The van der Waals surface area contributed by atoms with Gasteiger partial charge in [-0.25, -0.2) is 4.98 Å². The maximum Gasteiger partial charge on any atom is 0.237 e. The predicted octanol–water partition coefficient (Wildman–Crippen LogP) is 1.40. The van der Waals surface area contributed by atoms with Crippen LogP contribution in [0.3, 0.4) is 0 Å². The minimum Gasteiger partial charge on any atom is -0.310 e. The third-order valence-corrected chi connectivity index (χ3v) is 2.81. The summed E-state index contributed by atoms with van der Waals surface area (Å²) in [5.41, 5.74) is 0.599. The summed E-state index contributed by atoms with van der Waals surface area (Å²) in [6.07, 6.45) is 0. The van der Waals surface area contributed by atoms with Gasteiger partial charge in [0.2, 0.25) is 5.91 Å². The van der Waals surface area contributed by atoms with Gasteiger partial charge in [0.15, 0.2) is 0 Å². The van der Waals surface area contributed by atoms with Gasteiger partial charge in [-0.3, -0.25) is 4.79 Å². The molecule has 0 aromatic carbocycles. The average Bonchev–Trinajstić information content (AvgIpc) is 2.23. The monoisotopic (exact) mass is 256 g/mol. The zero-order valence-corrected chi connectivity index (χ0v) is 8.69. The van der Waals surface area contributed by atoms with Gasteiger partial charge in [-0.05, 0) is 6.07 Å². The average molecular weight is 257 g/mol. The Labute approximate surface area is 89.4 Å². The Bertz CT molecular complexity index is 396. The van der Waals surface area contributed by atoms with E-state index in [1.54, 1.807) is 12.1 Å². The molecule has 0 saturated heterocycles. The van der Waals surface area contributed by atoms with E-state index in [9.17, 15) is 4.79 Å². The fraction of sp³-hybridized carbons (Fsp3) is 0.143. The van der Waals surface area contributed by atoms with Crippen LogP contribution >= 0.6 is 27.5 Å². The van der Waals surface area contributed by atoms with E-state index in [2.05, 4.69) is 26.2 Å². The van der Waals surface area contributed by atoms with E-state index in [0.717, 1.165) is 0 Å². The van der Waals surface area contributed by atoms with Crippen molar-refractivity contribution in [2.45, 2.75) is 4.22 Å². The standard InChI is InChI=1S/C7H3BBrClN2O/c8-7(9)3-1-2-4(10)11-5(3)12-6(7)13/h1-2H,(H,11,12,13). The molecule has 0 saturated carbocycles. The molecule has 1 atom stereocenters. The Morgan fingerprint density at radius 2 is 2.31 bits per heavy atom. The van der Waals surface area contributed by atoms with E-state index in [0.29, 0.717) is 16.5 Å². The van der Waals surface area contributed by atoms with Gasteiger partial charge in [0.05, 0.1) is 4.22 Å². The SMILES string of the molecule is [B]C1(Br)C(=O)Nc2nc(Cl)ccc21. The molecule has 0 aliphatic carbocycles. The van der Waals surface area contributed by atoms with Crippen LogP contribution in [0.1, 0.15) is 5.56 Å². The molecule has 1 aromatic heterocycles. The quantitative estimate of drug-likeness (QED) is 0.434. The summed E-state index contributed by atoms with van der Waals surface area (Å²) in [6.45, 7) is 0. The molecule has 2 heterocycles. The smallest absolute Gasteiger partial charge is 0.237 e. The summed E-state index contributed by atoms with van der Waals surface area (Å²) in [5.74, 6) is 0.0779. The van der Waals surface area contributed by atoms with E-state index in [-0.39, 0.29) is 5.91 Å². The second kappa shape index (κ2) is 2.72. The fourth-order valence-electron chi connectivity index (χ4n) is 1.15. The van der Waals surface area contributed by atoms with Gasteiger partial charge in [-0.1, -0.05) is 33.6 Å². The van der Waals surface area contributed by atoms with Gasteiger partial charge < -0.3 is 5.32 Å². The highest BCUT2D eigenvalue weighted by molar-refractivity contribution is 9.10. The number of halogens is 2. The van der Waals surface area contributed by atoms with E-state index < -0.39 is 4.22 Å². The Hall–Kier alpha value is -0.545. The van der Waals surface area contributed by atoms with Crippen LogP contribution in [0.25, 0.3) is 0 Å². The highest BCUT2D eigenvalue weighted by Crippen LogP contribution is 2.39. The number of nitrogens with zero attached hydrogens (tertiary/aromatic N) is 1. The molecule has 0 fully saturated rings. The number of nitrogens with one attached hydrogen (secondary N) is 1. The molecule has 1 amide bonds. The molecule has 6 heteroatoms. The number of rotatable bonds is 0. The predicted molar refractivity (Wildman–Crippen MR) is 54.2 cm³/mol. The first-order valence-corrected chi connectivity index (χ1v) is 4.65. The molecule has 1 N–H and O–H groups in total. The molecule has 2 radical (unpaired) electrons. The minimum absolute atomic E-state index is 0.323. The number of amides is 1.